The average molecular weight is 388 g/mol. The Balaban J connectivity index is 1.76. The minimum Gasteiger partial charge on any atom is -0.399 e. The number of benzene rings is 1. The molecular weight excluding hydrogens is 364 g/mol. The van der Waals surface area contributed by atoms with Gasteiger partial charge in [0.2, 0.25) is 5.95 Å². The van der Waals surface area contributed by atoms with Gasteiger partial charge >= 0.3 is 0 Å². The molecule has 1 aliphatic heterocycles. The summed E-state index contributed by atoms with van der Waals surface area (Å²) in [5.74, 6) is 1.26. The number of piperidine rings is 1. The standard InChI is InChI=1S/C21H24N8/c22-13-27-19-6-3-15(11-25-19)18-12-26-21(29-9-7-17(24)8-10-29)28-20(18)14-1-4-16(23)5-2-14/h1-6,11-13,17H,7-10,23-24H2,(H2,22,25,27). The molecule has 0 radical (unpaired) electrons. The topological polar surface area (TPSA) is 132 Å². The van der Waals surface area contributed by atoms with E-state index in [1.165, 1.54) is 6.34 Å². The van der Waals surface area contributed by atoms with Crippen LogP contribution >= 0.6 is 0 Å². The lowest BCUT2D eigenvalue weighted by atomic mass is 10.0. The number of nitrogen functional groups attached to an aromatic ring is 1. The summed E-state index contributed by atoms with van der Waals surface area (Å²) in [6.07, 6.45) is 6.71. The Bertz CT molecular complexity index is 990. The zero-order valence-corrected chi connectivity index (χ0v) is 16.1. The summed E-state index contributed by atoms with van der Waals surface area (Å²) < 4.78 is 0. The van der Waals surface area contributed by atoms with Gasteiger partial charge in [0.15, 0.2) is 5.82 Å². The fraction of sp³-hybridized carbons (Fsp3) is 0.238. The van der Waals surface area contributed by atoms with Crippen LogP contribution in [0.15, 0.2) is 53.8 Å². The second-order valence-electron chi connectivity index (χ2n) is 7.06. The summed E-state index contributed by atoms with van der Waals surface area (Å²) in [5, 5.41) is 0. The molecule has 148 valence electrons. The number of nitrogens with two attached hydrogens (primary N) is 3. The Morgan fingerprint density at radius 3 is 2.34 bits per heavy atom. The summed E-state index contributed by atoms with van der Waals surface area (Å²) in [6.45, 7) is 1.71. The van der Waals surface area contributed by atoms with Gasteiger partial charge in [-0.05, 0) is 37.1 Å². The van der Waals surface area contributed by atoms with Gasteiger partial charge in [-0.1, -0.05) is 12.1 Å². The predicted molar refractivity (Wildman–Crippen MR) is 117 cm³/mol. The third-order valence-electron chi connectivity index (χ3n) is 5.05. The molecule has 2 aromatic heterocycles. The van der Waals surface area contributed by atoms with Crippen molar-refractivity contribution in [2.24, 2.45) is 16.5 Å². The van der Waals surface area contributed by atoms with E-state index in [4.69, 9.17) is 22.2 Å². The Labute approximate surface area is 169 Å². The van der Waals surface area contributed by atoms with Crippen LogP contribution in [0.1, 0.15) is 12.8 Å². The van der Waals surface area contributed by atoms with E-state index in [0.717, 1.165) is 48.3 Å². The van der Waals surface area contributed by atoms with Crippen LogP contribution in [-0.4, -0.2) is 40.4 Å². The number of hydrogen-bond acceptors (Lipinski definition) is 7. The molecule has 1 aromatic carbocycles. The molecule has 3 aromatic rings. The van der Waals surface area contributed by atoms with E-state index in [2.05, 4.69) is 19.9 Å². The lowest BCUT2D eigenvalue weighted by Gasteiger charge is -2.30. The Morgan fingerprint density at radius 2 is 1.69 bits per heavy atom. The molecule has 0 unspecified atom stereocenters. The van der Waals surface area contributed by atoms with Crippen molar-refractivity contribution in [1.82, 2.24) is 15.0 Å². The quantitative estimate of drug-likeness (QED) is 0.355. The summed E-state index contributed by atoms with van der Waals surface area (Å²) in [6, 6.07) is 11.7. The average Bonchev–Trinajstić information content (AvgIpc) is 2.75. The van der Waals surface area contributed by atoms with E-state index in [1.54, 1.807) is 6.20 Å². The van der Waals surface area contributed by atoms with E-state index in [9.17, 15) is 0 Å². The molecule has 0 spiro atoms. The number of aliphatic imine (C=N–C) groups is 1. The van der Waals surface area contributed by atoms with Crippen LogP contribution in [0.4, 0.5) is 17.5 Å². The van der Waals surface area contributed by atoms with Crippen LogP contribution in [0.2, 0.25) is 0 Å². The highest BCUT2D eigenvalue weighted by molar-refractivity contribution is 5.81. The SMILES string of the molecule is NC=Nc1ccc(-c2cnc(N3CCC(N)CC3)nc2-c2ccc(N)cc2)cn1. The second kappa shape index (κ2) is 8.24. The molecule has 8 heteroatoms. The van der Waals surface area contributed by atoms with Crippen molar-refractivity contribution in [3.05, 3.63) is 48.8 Å². The van der Waals surface area contributed by atoms with Crippen LogP contribution in [0.3, 0.4) is 0 Å². The largest absolute Gasteiger partial charge is 0.399 e. The summed E-state index contributed by atoms with van der Waals surface area (Å²) in [5.41, 5.74) is 21.6. The first-order chi connectivity index (χ1) is 14.1. The second-order valence-corrected chi connectivity index (χ2v) is 7.06. The van der Waals surface area contributed by atoms with E-state index < -0.39 is 0 Å². The van der Waals surface area contributed by atoms with Crippen molar-refractivity contribution in [2.75, 3.05) is 23.7 Å². The minimum atomic E-state index is 0.253. The van der Waals surface area contributed by atoms with E-state index in [1.807, 2.05) is 42.6 Å². The highest BCUT2D eigenvalue weighted by Gasteiger charge is 2.20. The van der Waals surface area contributed by atoms with Crippen LogP contribution < -0.4 is 22.1 Å². The Hall–Kier alpha value is -3.52. The maximum atomic E-state index is 6.04. The fourth-order valence-corrected chi connectivity index (χ4v) is 3.39. The molecule has 1 aliphatic rings. The van der Waals surface area contributed by atoms with Crippen molar-refractivity contribution < 1.29 is 0 Å². The zero-order chi connectivity index (χ0) is 20.2. The molecule has 29 heavy (non-hydrogen) atoms. The first kappa shape index (κ1) is 18.8. The van der Waals surface area contributed by atoms with Crippen molar-refractivity contribution in [3.8, 4) is 22.4 Å². The number of anilines is 2. The minimum absolute atomic E-state index is 0.253. The van der Waals surface area contributed by atoms with Gasteiger partial charge in [0.1, 0.15) is 0 Å². The van der Waals surface area contributed by atoms with Crippen LogP contribution in [0, 0.1) is 0 Å². The van der Waals surface area contributed by atoms with Gasteiger partial charge in [0.25, 0.3) is 0 Å². The van der Waals surface area contributed by atoms with Gasteiger partial charge in [-0.3, -0.25) is 0 Å². The number of aromatic nitrogens is 3. The summed E-state index contributed by atoms with van der Waals surface area (Å²) in [7, 11) is 0. The monoisotopic (exact) mass is 388 g/mol. The van der Waals surface area contributed by atoms with Crippen LogP contribution in [0.25, 0.3) is 22.4 Å². The van der Waals surface area contributed by atoms with Gasteiger partial charge in [0.05, 0.1) is 12.0 Å². The maximum Gasteiger partial charge on any atom is 0.225 e. The molecule has 4 rings (SSSR count). The third-order valence-corrected chi connectivity index (χ3v) is 5.05. The molecule has 0 saturated carbocycles. The molecule has 0 bridgehead atoms. The van der Waals surface area contributed by atoms with Crippen molar-refractivity contribution in [2.45, 2.75) is 18.9 Å². The normalized spacial score (nSPS) is 15.1. The number of hydrogen-bond donors (Lipinski definition) is 3. The molecule has 6 N–H and O–H groups in total. The third kappa shape index (κ3) is 4.17. The zero-order valence-electron chi connectivity index (χ0n) is 16.1. The van der Waals surface area contributed by atoms with Gasteiger partial charge < -0.3 is 22.1 Å². The lowest BCUT2D eigenvalue weighted by molar-refractivity contribution is 0.495. The Morgan fingerprint density at radius 1 is 0.966 bits per heavy atom. The number of rotatable bonds is 4. The molecule has 0 amide bonds. The van der Waals surface area contributed by atoms with Gasteiger partial charge in [0, 0.05) is 53.9 Å². The van der Waals surface area contributed by atoms with E-state index >= 15 is 0 Å². The summed E-state index contributed by atoms with van der Waals surface area (Å²) >= 11 is 0. The highest BCUT2D eigenvalue weighted by atomic mass is 15.3. The smallest absolute Gasteiger partial charge is 0.225 e. The van der Waals surface area contributed by atoms with Crippen molar-refractivity contribution in [1.29, 1.82) is 0 Å². The number of nitrogens with zero attached hydrogens (tertiary/aromatic N) is 5. The molecule has 3 heterocycles. The fourth-order valence-electron chi connectivity index (χ4n) is 3.39. The van der Waals surface area contributed by atoms with E-state index in [-0.39, 0.29) is 6.04 Å². The molecule has 1 saturated heterocycles. The molecule has 0 aliphatic carbocycles. The molecule has 8 nitrogen and oxygen atoms in total. The maximum absolute atomic E-state index is 6.04. The Kier molecular flexibility index (Phi) is 5.35. The van der Waals surface area contributed by atoms with Gasteiger partial charge in [-0.15, -0.1) is 0 Å². The first-order valence-electron chi connectivity index (χ1n) is 9.58. The predicted octanol–water partition coefficient (Wildman–Crippen LogP) is 2.33. The molecule has 0 atom stereocenters. The summed E-state index contributed by atoms with van der Waals surface area (Å²) in [4.78, 5) is 20.1. The lowest BCUT2D eigenvalue weighted by Crippen LogP contribution is -2.40. The molecular formula is C21H24N8. The van der Waals surface area contributed by atoms with Crippen LogP contribution in [-0.2, 0) is 0 Å². The number of pyridine rings is 1. The van der Waals surface area contributed by atoms with Crippen molar-refractivity contribution in [3.63, 3.8) is 0 Å². The van der Waals surface area contributed by atoms with Gasteiger partial charge in [-0.2, -0.15) is 0 Å². The van der Waals surface area contributed by atoms with Crippen molar-refractivity contribution >= 4 is 23.8 Å². The molecule has 1 fully saturated rings. The van der Waals surface area contributed by atoms with Crippen LogP contribution in [0.5, 0.6) is 0 Å². The van der Waals surface area contributed by atoms with E-state index in [0.29, 0.717) is 17.5 Å². The van der Waals surface area contributed by atoms with Gasteiger partial charge in [-0.25, -0.2) is 19.9 Å². The highest BCUT2D eigenvalue weighted by Crippen LogP contribution is 2.32. The first-order valence-corrected chi connectivity index (χ1v) is 9.58.